The van der Waals surface area contributed by atoms with Gasteiger partial charge in [0.05, 0.1) is 51.8 Å². The summed E-state index contributed by atoms with van der Waals surface area (Å²) in [7, 11) is -4.43. The number of hydrogen-bond acceptors (Lipinski definition) is 6. The number of aromatic nitrogens is 4. The van der Waals surface area contributed by atoms with Gasteiger partial charge < -0.3 is 0 Å². The van der Waals surface area contributed by atoms with E-state index in [0.717, 1.165) is 33.5 Å². The number of alkyl halides is 3. The third kappa shape index (κ3) is 5.84. The van der Waals surface area contributed by atoms with E-state index in [2.05, 4.69) is 5.10 Å². The molecule has 0 amide bonds. The highest BCUT2D eigenvalue weighted by atomic mass is 32.2. The lowest BCUT2D eigenvalue weighted by Crippen LogP contribution is -2.42. The predicted octanol–water partition coefficient (Wildman–Crippen LogP) is 3.58. The second-order valence-electron chi connectivity index (χ2n) is 8.63. The van der Waals surface area contributed by atoms with Gasteiger partial charge in [-0.15, -0.1) is 0 Å². The quantitative estimate of drug-likeness (QED) is 0.341. The Balaban J connectivity index is 1.97. The van der Waals surface area contributed by atoms with E-state index in [4.69, 9.17) is 9.81 Å². The van der Waals surface area contributed by atoms with Crippen molar-refractivity contribution in [1.29, 1.82) is 5.26 Å². The fourth-order valence-electron chi connectivity index (χ4n) is 3.99. The first-order valence-electron chi connectivity index (χ1n) is 11.4. The van der Waals surface area contributed by atoms with Crippen LogP contribution in [0.5, 0.6) is 0 Å². The van der Waals surface area contributed by atoms with Gasteiger partial charge in [-0.3, -0.25) is 18.5 Å². The number of benzene rings is 2. The minimum Gasteiger partial charge on any atom is -0.286 e. The minimum absolute atomic E-state index is 0.118. The largest absolute Gasteiger partial charge is 0.416 e. The van der Waals surface area contributed by atoms with E-state index in [0.29, 0.717) is 11.3 Å². The SMILES string of the molecule is C[C@H](CCS(=O)(=O)O)n1c(=O)c(-c2ccnn2-c2ccc(C#N)cc2)cn(-c2cccc(C(F)(F)F)c2)c1=O. The van der Waals surface area contributed by atoms with Crippen molar-refractivity contribution in [2.24, 2.45) is 0 Å². The summed E-state index contributed by atoms with van der Waals surface area (Å²) in [6.45, 7) is 1.38. The molecule has 39 heavy (non-hydrogen) atoms. The van der Waals surface area contributed by atoms with E-state index in [-0.39, 0.29) is 23.4 Å². The van der Waals surface area contributed by atoms with E-state index in [9.17, 15) is 31.2 Å². The van der Waals surface area contributed by atoms with Gasteiger partial charge in [0.1, 0.15) is 0 Å². The van der Waals surface area contributed by atoms with Crippen molar-refractivity contribution in [1.82, 2.24) is 18.9 Å². The van der Waals surface area contributed by atoms with Crippen LogP contribution in [0.2, 0.25) is 0 Å². The van der Waals surface area contributed by atoms with Crippen LogP contribution in [-0.2, 0) is 16.3 Å². The van der Waals surface area contributed by atoms with Gasteiger partial charge in [-0.2, -0.15) is 31.9 Å². The molecule has 2 aromatic carbocycles. The van der Waals surface area contributed by atoms with Gasteiger partial charge >= 0.3 is 11.9 Å². The fourth-order valence-corrected chi connectivity index (χ4v) is 4.63. The van der Waals surface area contributed by atoms with Crippen LogP contribution in [0.4, 0.5) is 13.2 Å². The standard InChI is InChI=1S/C25H20F3N5O5S/c1-16(10-12-39(36,37)38)32-23(34)21(22-9-11-30-33(22)19-7-5-17(14-29)6-8-19)15-31(24(32)35)20-4-2-3-18(13-20)25(26,27)28/h2-9,11,13,15-16H,10,12H2,1H3,(H,36,37,38)/t16-/m1/s1. The van der Waals surface area contributed by atoms with Gasteiger partial charge in [0.2, 0.25) is 0 Å². The summed E-state index contributed by atoms with van der Waals surface area (Å²) >= 11 is 0. The Morgan fingerprint density at radius 1 is 1.08 bits per heavy atom. The molecular formula is C25H20F3N5O5S. The molecule has 1 atom stereocenters. The second kappa shape index (κ2) is 10.4. The van der Waals surface area contributed by atoms with Gasteiger partial charge in [-0.1, -0.05) is 6.07 Å². The lowest BCUT2D eigenvalue weighted by Gasteiger charge is -2.19. The summed E-state index contributed by atoms with van der Waals surface area (Å²) in [4.78, 5) is 27.1. The molecule has 0 saturated carbocycles. The van der Waals surface area contributed by atoms with Crippen LogP contribution in [0.3, 0.4) is 0 Å². The maximum absolute atomic E-state index is 13.6. The van der Waals surface area contributed by atoms with Crippen LogP contribution in [0.1, 0.15) is 30.5 Å². The van der Waals surface area contributed by atoms with Crippen molar-refractivity contribution in [3.05, 3.63) is 99.0 Å². The zero-order valence-corrected chi connectivity index (χ0v) is 21.0. The molecule has 14 heteroatoms. The summed E-state index contributed by atoms with van der Waals surface area (Å²) in [6, 6.07) is 12.5. The Morgan fingerprint density at radius 2 is 1.77 bits per heavy atom. The zero-order chi connectivity index (χ0) is 28.5. The Kier molecular flexibility index (Phi) is 7.31. The summed E-state index contributed by atoms with van der Waals surface area (Å²) in [5, 5.41) is 13.3. The molecule has 4 rings (SSSR count). The molecule has 0 fully saturated rings. The molecule has 0 saturated heterocycles. The Morgan fingerprint density at radius 3 is 2.38 bits per heavy atom. The second-order valence-corrected chi connectivity index (χ2v) is 10.2. The van der Waals surface area contributed by atoms with Crippen molar-refractivity contribution in [2.75, 3.05) is 5.75 Å². The van der Waals surface area contributed by atoms with E-state index >= 15 is 0 Å². The van der Waals surface area contributed by atoms with Gasteiger partial charge in [0.25, 0.3) is 15.7 Å². The van der Waals surface area contributed by atoms with Crippen molar-refractivity contribution < 1.29 is 26.1 Å². The van der Waals surface area contributed by atoms with Crippen LogP contribution in [0.15, 0.2) is 76.6 Å². The lowest BCUT2D eigenvalue weighted by atomic mass is 10.1. The Labute approximate surface area is 219 Å². The highest BCUT2D eigenvalue weighted by Gasteiger charge is 2.31. The zero-order valence-electron chi connectivity index (χ0n) is 20.2. The predicted molar refractivity (Wildman–Crippen MR) is 134 cm³/mol. The molecule has 10 nitrogen and oxygen atoms in total. The highest BCUT2D eigenvalue weighted by Crippen LogP contribution is 2.30. The number of nitrogens with zero attached hydrogens (tertiary/aromatic N) is 5. The first kappa shape index (κ1) is 27.6. The van der Waals surface area contributed by atoms with Crippen LogP contribution in [-0.4, -0.2) is 37.6 Å². The molecule has 0 unspecified atom stereocenters. The summed E-state index contributed by atoms with van der Waals surface area (Å²) in [5.74, 6) is -0.753. The fraction of sp³-hybridized carbons (Fsp3) is 0.200. The van der Waals surface area contributed by atoms with Gasteiger partial charge in [-0.05, 0) is 61.9 Å². The molecule has 0 bridgehead atoms. The Bertz CT molecular complexity index is 1800. The average molecular weight is 560 g/mol. The minimum atomic E-state index is -4.70. The highest BCUT2D eigenvalue weighted by molar-refractivity contribution is 7.85. The number of halogens is 3. The van der Waals surface area contributed by atoms with E-state index in [1.165, 1.54) is 42.1 Å². The van der Waals surface area contributed by atoms with Crippen LogP contribution >= 0.6 is 0 Å². The van der Waals surface area contributed by atoms with Crippen LogP contribution in [0, 0.1) is 11.3 Å². The third-order valence-electron chi connectivity index (χ3n) is 5.97. The molecule has 0 aliphatic rings. The topological polar surface area (TPSA) is 140 Å². The Hall–Kier alpha value is -4.48. The molecule has 1 N–H and O–H groups in total. The number of rotatable bonds is 7. The van der Waals surface area contributed by atoms with Crippen LogP contribution in [0.25, 0.3) is 22.6 Å². The van der Waals surface area contributed by atoms with Crippen LogP contribution < -0.4 is 11.2 Å². The van der Waals surface area contributed by atoms with Gasteiger partial charge in [-0.25, -0.2) is 9.48 Å². The van der Waals surface area contributed by atoms with E-state index in [1.54, 1.807) is 12.1 Å². The van der Waals surface area contributed by atoms with Crippen molar-refractivity contribution >= 4 is 10.1 Å². The smallest absolute Gasteiger partial charge is 0.286 e. The molecule has 0 radical (unpaired) electrons. The van der Waals surface area contributed by atoms with E-state index in [1.807, 2.05) is 6.07 Å². The summed E-state index contributed by atoms with van der Waals surface area (Å²) in [6.07, 6.45) is -2.55. The van der Waals surface area contributed by atoms with Crippen molar-refractivity contribution in [2.45, 2.75) is 25.6 Å². The third-order valence-corrected chi connectivity index (χ3v) is 6.72. The molecule has 2 aromatic heterocycles. The number of hydrogen-bond donors (Lipinski definition) is 1. The maximum atomic E-state index is 13.6. The van der Waals surface area contributed by atoms with Gasteiger partial charge in [0.15, 0.2) is 0 Å². The molecule has 4 aromatic rings. The lowest BCUT2D eigenvalue weighted by molar-refractivity contribution is -0.137. The molecule has 0 spiro atoms. The first-order chi connectivity index (χ1) is 18.3. The van der Waals surface area contributed by atoms with Crippen molar-refractivity contribution in [3.8, 4) is 28.7 Å². The monoisotopic (exact) mass is 559 g/mol. The molecule has 202 valence electrons. The normalized spacial score (nSPS) is 12.7. The average Bonchev–Trinajstić information content (AvgIpc) is 3.36. The maximum Gasteiger partial charge on any atom is 0.416 e. The summed E-state index contributed by atoms with van der Waals surface area (Å²) in [5.41, 5.74) is -2.16. The first-order valence-corrected chi connectivity index (χ1v) is 13.0. The van der Waals surface area contributed by atoms with Crippen molar-refractivity contribution in [3.63, 3.8) is 0 Å². The molecule has 2 heterocycles. The molecular weight excluding hydrogens is 539 g/mol. The van der Waals surface area contributed by atoms with Gasteiger partial charge in [0, 0.05) is 12.2 Å². The summed E-state index contributed by atoms with van der Waals surface area (Å²) < 4.78 is 75.0. The van der Waals surface area contributed by atoms with E-state index < -0.39 is 44.9 Å². The molecule has 0 aliphatic heterocycles. The molecule has 0 aliphatic carbocycles. The number of nitriles is 1.